The van der Waals surface area contributed by atoms with Gasteiger partial charge in [-0.05, 0) is 12.1 Å². The van der Waals surface area contributed by atoms with Crippen molar-refractivity contribution in [2.45, 2.75) is 0 Å². The average Bonchev–Trinajstić information content (AvgIpc) is 2.95. The van der Waals surface area contributed by atoms with Gasteiger partial charge in [0, 0.05) is 0 Å². The maximum absolute atomic E-state index is 8.30. The summed E-state index contributed by atoms with van der Waals surface area (Å²) >= 11 is 1.28. The Morgan fingerprint density at radius 2 is 1.92 bits per heavy atom. The lowest BCUT2D eigenvalue weighted by Gasteiger charge is -1.92. The Hall–Kier alpha value is -1.62. The summed E-state index contributed by atoms with van der Waals surface area (Å²) in [6.45, 7) is 0. The summed E-state index contributed by atoms with van der Waals surface area (Å²) in [7, 11) is 0. The molecule has 0 aliphatic carbocycles. The largest absolute Gasteiger partial charge is 0.410 e. The summed E-state index contributed by atoms with van der Waals surface area (Å²) in [6, 6.07) is 9.21. The van der Waals surface area contributed by atoms with E-state index < -0.39 is 0 Å². The molecule has 0 saturated heterocycles. The highest BCUT2D eigenvalue weighted by atomic mass is 32.1. The van der Waals surface area contributed by atoms with E-state index in [2.05, 4.69) is 10.3 Å². The van der Waals surface area contributed by atoms with Gasteiger partial charge < -0.3 is 10.0 Å². The predicted octanol–water partition coefficient (Wildman–Crippen LogP) is 0.808. The number of rotatable bonds is 2. The summed E-state index contributed by atoms with van der Waals surface area (Å²) in [4.78, 5) is 5.04. The molecule has 0 fully saturated rings. The first-order chi connectivity index (χ1) is 6.40. The molecule has 1 N–H and O–H groups in total. The predicted molar refractivity (Wildman–Crippen MR) is 46.7 cm³/mol. The van der Waals surface area contributed by atoms with Crippen LogP contribution in [-0.4, -0.2) is 5.21 Å². The van der Waals surface area contributed by atoms with Gasteiger partial charge in [0.2, 0.25) is 0 Å². The second kappa shape index (κ2) is 3.40. The lowest BCUT2D eigenvalue weighted by molar-refractivity contribution is 0.301. The van der Waals surface area contributed by atoms with Crippen LogP contribution in [0.1, 0.15) is 0 Å². The van der Waals surface area contributed by atoms with Crippen molar-refractivity contribution in [3.8, 4) is 5.75 Å². The summed E-state index contributed by atoms with van der Waals surface area (Å²) in [6.07, 6.45) is 0. The zero-order valence-electron chi connectivity index (χ0n) is 6.54. The Labute approximate surface area is 77.7 Å². The highest BCUT2D eigenvalue weighted by molar-refractivity contribution is 7.13. The second-order valence-electron chi connectivity index (χ2n) is 2.31. The Morgan fingerprint density at radius 1 is 1.15 bits per heavy atom. The van der Waals surface area contributed by atoms with Gasteiger partial charge in [-0.15, -0.1) is 0 Å². The molecule has 66 valence electrons. The molecule has 13 heavy (non-hydrogen) atoms. The molecule has 0 atom stereocenters. The standard InChI is InChI=1S/C8H6N2O2S/c11-9-7-8(13-7)10-12-6-4-2-1-3-5-6/h1-5,11H. The summed E-state index contributed by atoms with van der Waals surface area (Å²) in [5, 5.41) is 15.0. The molecule has 2 aromatic rings. The van der Waals surface area contributed by atoms with Crippen LogP contribution in [0.25, 0.3) is 0 Å². The van der Waals surface area contributed by atoms with Crippen LogP contribution >= 0.6 is 11.3 Å². The molecule has 0 aliphatic heterocycles. The van der Waals surface area contributed by atoms with Crippen molar-refractivity contribution in [1.82, 2.24) is 0 Å². The molecule has 1 aromatic heterocycles. The van der Waals surface area contributed by atoms with Crippen LogP contribution in [0.5, 0.6) is 5.75 Å². The zero-order chi connectivity index (χ0) is 9.10. The van der Waals surface area contributed by atoms with Gasteiger partial charge >= 0.3 is 0 Å². The molecule has 0 aliphatic rings. The van der Waals surface area contributed by atoms with E-state index in [0.717, 1.165) is 0 Å². The van der Waals surface area contributed by atoms with Crippen molar-refractivity contribution in [3.63, 3.8) is 0 Å². The quantitative estimate of drug-likeness (QED) is 0.568. The number of para-hydroxylation sites is 1. The molecule has 4 nitrogen and oxygen atoms in total. The van der Waals surface area contributed by atoms with Gasteiger partial charge in [-0.2, -0.15) is 0 Å². The fraction of sp³-hybridized carbons (Fsp3) is 0. The minimum Gasteiger partial charge on any atom is -0.410 e. The molecule has 2 rings (SSSR count). The zero-order valence-corrected chi connectivity index (χ0v) is 7.36. The topological polar surface area (TPSA) is 54.2 Å². The molecule has 0 unspecified atom stereocenters. The molecule has 0 saturated carbocycles. The first-order valence-electron chi connectivity index (χ1n) is 3.60. The van der Waals surface area contributed by atoms with Crippen LogP contribution in [-0.2, 0) is 0 Å². The third-order valence-corrected chi connectivity index (χ3v) is 2.13. The van der Waals surface area contributed by atoms with Gasteiger partial charge in [0.15, 0.2) is 15.1 Å². The maximum atomic E-state index is 8.30. The molecule has 0 amide bonds. The van der Waals surface area contributed by atoms with Gasteiger partial charge in [0.05, 0.1) is 0 Å². The molecular formula is C8H6N2O2S. The Kier molecular flexibility index (Phi) is 2.09. The van der Waals surface area contributed by atoms with E-state index in [0.29, 0.717) is 15.1 Å². The highest BCUT2D eigenvalue weighted by Gasteiger charge is 2.00. The molecule has 0 radical (unpaired) electrons. The highest BCUT2D eigenvalue weighted by Crippen LogP contribution is 2.07. The van der Waals surface area contributed by atoms with E-state index in [9.17, 15) is 0 Å². The van der Waals surface area contributed by atoms with Crippen LogP contribution in [0.4, 0.5) is 0 Å². The average molecular weight is 194 g/mol. The smallest absolute Gasteiger partial charge is 0.197 e. The number of hydrogen-bond acceptors (Lipinski definition) is 5. The molecule has 1 heterocycles. The van der Waals surface area contributed by atoms with E-state index in [4.69, 9.17) is 10.0 Å². The van der Waals surface area contributed by atoms with Crippen molar-refractivity contribution >= 4 is 11.3 Å². The normalized spacial score (nSPS) is 13.8. The van der Waals surface area contributed by atoms with Crippen molar-refractivity contribution in [1.29, 1.82) is 0 Å². The summed E-state index contributed by atoms with van der Waals surface area (Å²) in [5.41, 5.74) is 0. The second-order valence-corrected chi connectivity index (χ2v) is 3.29. The van der Waals surface area contributed by atoms with Crippen LogP contribution in [0.3, 0.4) is 0 Å². The van der Waals surface area contributed by atoms with Crippen LogP contribution in [0, 0.1) is 0 Å². The fourth-order valence-corrected chi connectivity index (χ4v) is 1.09. The molecular weight excluding hydrogens is 188 g/mol. The first kappa shape index (κ1) is 8.00. The number of nitrogens with zero attached hydrogens (tertiary/aromatic N) is 2. The number of benzene rings is 1. The molecule has 5 heteroatoms. The Balaban J connectivity index is 2.10. The summed E-state index contributed by atoms with van der Waals surface area (Å²) in [5.74, 6) is 0.666. The van der Waals surface area contributed by atoms with E-state index in [1.54, 1.807) is 12.1 Å². The Morgan fingerprint density at radius 3 is 2.54 bits per heavy atom. The van der Waals surface area contributed by atoms with E-state index >= 15 is 0 Å². The van der Waals surface area contributed by atoms with Crippen molar-refractivity contribution in [3.05, 3.63) is 39.7 Å². The van der Waals surface area contributed by atoms with Crippen LogP contribution in [0.15, 0.2) is 40.6 Å². The van der Waals surface area contributed by atoms with E-state index in [1.165, 1.54) is 11.3 Å². The molecule has 0 spiro atoms. The van der Waals surface area contributed by atoms with Gasteiger partial charge in [-0.25, -0.2) is 0 Å². The first-order valence-corrected chi connectivity index (χ1v) is 4.42. The fourth-order valence-electron chi connectivity index (χ4n) is 0.762. The lowest BCUT2D eigenvalue weighted by Crippen LogP contribution is -2.00. The van der Waals surface area contributed by atoms with Gasteiger partial charge in [-0.3, -0.25) is 0 Å². The van der Waals surface area contributed by atoms with Gasteiger partial charge in [-0.1, -0.05) is 39.8 Å². The van der Waals surface area contributed by atoms with E-state index in [-0.39, 0.29) is 0 Å². The van der Waals surface area contributed by atoms with Crippen LogP contribution in [0.2, 0.25) is 0 Å². The lowest BCUT2D eigenvalue weighted by atomic mass is 10.3. The van der Waals surface area contributed by atoms with E-state index in [1.807, 2.05) is 18.2 Å². The Bertz CT molecular complexity index is 465. The molecule has 1 aromatic carbocycles. The minimum atomic E-state index is 0.510. The molecule has 0 bridgehead atoms. The minimum absolute atomic E-state index is 0.510. The SMILES string of the molecule is ON=c1sc1=NOc1ccccc1. The van der Waals surface area contributed by atoms with Gasteiger partial charge in [0.1, 0.15) is 0 Å². The maximum Gasteiger partial charge on any atom is 0.197 e. The summed E-state index contributed by atoms with van der Waals surface area (Å²) < 4.78 is 1.13. The van der Waals surface area contributed by atoms with Gasteiger partial charge in [0.25, 0.3) is 0 Å². The number of hydrogen-bond donors (Lipinski definition) is 1. The van der Waals surface area contributed by atoms with Crippen molar-refractivity contribution in [2.75, 3.05) is 0 Å². The third kappa shape index (κ3) is 1.94. The third-order valence-electron chi connectivity index (χ3n) is 1.40. The van der Waals surface area contributed by atoms with Crippen molar-refractivity contribution in [2.24, 2.45) is 10.3 Å². The van der Waals surface area contributed by atoms with Crippen LogP contribution < -0.4 is 14.2 Å². The monoisotopic (exact) mass is 194 g/mol. The van der Waals surface area contributed by atoms with Crippen molar-refractivity contribution < 1.29 is 10.0 Å².